The van der Waals surface area contributed by atoms with E-state index in [9.17, 15) is 0 Å². The van der Waals surface area contributed by atoms with Crippen LogP contribution in [0.4, 0.5) is 5.82 Å². The van der Waals surface area contributed by atoms with Gasteiger partial charge in [-0.2, -0.15) is 0 Å². The van der Waals surface area contributed by atoms with Crippen LogP contribution in [0.3, 0.4) is 0 Å². The molecule has 0 aliphatic carbocycles. The van der Waals surface area contributed by atoms with Crippen molar-refractivity contribution >= 4 is 17.4 Å². The molecule has 1 aromatic carbocycles. The van der Waals surface area contributed by atoms with Gasteiger partial charge in [0.25, 0.3) is 0 Å². The van der Waals surface area contributed by atoms with Gasteiger partial charge in [0.15, 0.2) is 11.6 Å². The lowest BCUT2D eigenvalue weighted by Gasteiger charge is -2.10. The molecule has 0 saturated carbocycles. The zero-order valence-electron chi connectivity index (χ0n) is 9.51. The number of anilines is 1. The molecule has 0 radical (unpaired) electrons. The third-order valence-electron chi connectivity index (χ3n) is 2.12. The Hall–Kier alpha value is -1.85. The van der Waals surface area contributed by atoms with Crippen molar-refractivity contribution in [3.63, 3.8) is 0 Å². The molecule has 6 heteroatoms. The highest BCUT2D eigenvalue weighted by atomic mass is 35.5. The predicted molar refractivity (Wildman–Crippen MR) is 69.1 cm³/mol. The minimum atomic E-state index is 0.0182. The van der Waals surface area contributed by atoms with Crippen molar-refractivity contribution < 1.29 is 9.84 Å². The Morgan fingerprint density at radius 1 is 1.28 bits per heavy atom. The van der Waals surface area contributed by atoms with Gasteiger partial charge in [-0.1, -0.05) is 11.6 Å². The van der Waals surface area contributed by atoms with Gasteiger partial charge in [-0.3, -0.25) is 0 Å². The lowest BCUT2D eigenvalue weighted by atomic mass is 10.3. The van der Waals surface area contributed by atoms with E-state index in [4.69, 9.17) is 21.4 Å². The third-order valence-corrected chi connectivity index (χ3v) is 2.38. The Labute approximate surface area is 109 Å². The maximum absolute atomic E-state index is 8.78. The smallest absolute Gasteiger partial charge is 0.187 e. The normalized spacial score (nSPS) is 10.1. The highest BCUT2D eigenvalue weighted by Crippen LogP contribution is 2.27. The lowest BCUT2D eigenvalue weighted by Crippen LogP contribution is -2.08. The Balaban J connectivity index is 2.15. The summed E-state index contributed by atoms with van der Waals surface area (Å²) < 4.78 is 5.63. The van der Waals surface area contributed by atoms with Crippen molar-refractivity contribution in [2.45, 2.75) is 0 Å². The van der Waals surface area contributed by atoms with Gasteiger partial charge < -0.3 is 15.2 Å². The zero-order chi connectivity index (χ0) is 12.8. The fourth-order valence-electron chi connectivity index (χ4n) is 1.33. The first-order chi connectivity index (χ1) is 8.79. The topological polar surface area (TPSA) is 67.3 Å². The minimum Gasteiger partial charge on any atom is -0.452 e. The van der Waals surface area contributed by atoms with Crippen molar-refractivity contribution in [2.75, 3.05) is 18.5 Å². The summed E-state index contributed by atoms with van der Waals surface area (Å²) in [5.74, 6) is 1.67. The molecule has 0 fully saturated rings. The van der Waals surface area contributed by atoms with Crippen LogP contribution in [-0.2, 0) is 0 Å². The molecule has 18 heavy (non-hydrogen) atoms. The largest absolute Gasteiger partial charge is 0.452 e. The molecule has 0 amide bonds. The fourth-order valence-corrected chi connectivity index (χ4v) is 1.45. The molecule has 0 bridgehead atoms. The summed E-state index contributed by atoms with van der Waals surface area (Å²) in [6.07, 6.45) is 2.97. The predicted octanol–water partition coefficient (Wildman–Crippen LogP) is 2.33. The number of rotatable bonds is 5. The number of aliphatic hydroxyl groups is 1. The molecular weight excluding hydrogens is 254 g/mol. The maximum atomic E-state index is 8.78. The SMILES string of the molecule is OCCNc1ncncc1Oc1ccc(Cl)cc1. The van der Waals surface area contributed by atoms with Crippen molar-refractivity contribution in [1.82, 2.24) is 9.97 Å². The lowest BCUT2D eigenvalue weighted by molar-refractivity contribution is 0.310. The van der Waals surface area contributed by atoms with Crippen LogP contribution in [0.25, 0.3) is 0 Å². The summed E-state index contributed by atoms with van der Waals surface area (Å²) in [4.78, 5) is 7.95. The van der Waals surface area contributed by atoms with Crippen molar-refractivity contribution in [1.29, 1.82) is 0 Å². The van der Waals surface area contributed by atoms with Gasteiger partial charge in [0.1, 0.15) is 12.1 Å². The molecule has 1 aromatic heterocycles. The summed E-state index contributed by atoms with van der Waals surface area (Å²) in [6, 6.07) is 6.99. The number of ether oxygens (including phenoxy) is 1. The summed E-state index contributed by atoms with van der Waals surface area (Å²) in [7, 11) is 0. The number of nitrogens with zero attached hydrogens (tertiary/aromatic N) is 2. The monoisotopic (exact) mass is 265 g/mol. The van der Waals surface area contributed by atoms with E-state index in [2.05, 4.69) is 15.3 Å². The maximum Gasteiger partial charge on any atom is 0.187 e. The standard InChI is InChI=1S/C12H12ClN3O2/c13-9-1-3-10(4-2-9)18-11-7-14-8-16-12(11)15-5-6-17/h1-4,7-8,17H,5-6H2,(H,14,15,16). The zero-order valence-corrected chi connectivity index (χ0v) is 10.3. The van der Waals surface area contributed by atoms with E-state index in [1.54, 1.807) is 30.5 Å². The average molecular weight is 266 g/mol. The number of nitrogens with one attached hydrogen (secondary N) is 1. The Morgan fingerprint density at radius 2 is 2.06 bits per heavy atom. The molecule has 0 aliphatic rings. The van der Waals surface area contributed by atoms with Crippen LogP contribution in [0.1, 0.15) is 0 Å². The highest BCUT2D eigenvalue weighted by molar-refractivity contribution is 6.30. The van der Waals surface area contributed by atoms with E-state index in [0.29, 0.717) is 28.9 Å². The molecule has 0 saturated heterocycles. The fraction of sp³-hybridized carbons (Fsp3) is 0.167. The van der Waals surface area contributed by atoms with Crippen LogP contribution < -0.4 is 10.1 Å². The van der Waals surface area contributed by atoms with Gasteiger partial charge in [0.05, 0.1) is 12.8 Å². The molecule has 2 rings (SSSR count). The number of halogens is 1. The van der Waals surface area contributed by atoms with Crippen molar-refractivity contribution in [2.24, 2.45) is 0 Å². The molecule has 0 aliphatic heterocycles. The van der Waals surface area contributed by atoms with Gasteiger partial charge in [0, 0.05) is 11.6 Å². The number of benzene rings is 1. The number of hydrogen-bond acceptors (Lipinski definition) is 5. The molecule has 0 atom stereocenters. The van der Waals surface area contributed by atoms with E-state index < -0.39 is 0 Å². The summed E-state index contributed by atoms with van der Waals surface area (Å²) >= 11 is 5.79. The minimum absolute atomic E-state index is 0.0182. The molecule has 2 N–H and O–H groups in total. The first-order valence-corrected chi connectivity index (χ1v) is 5.75. The van der Waals surface area contributed by atoms with E-state index in [0.717, 1.165) is 0 Å². The molecular formula is C12H12ClN3O2. The number of aliphatic hydroxyl groups excluding tert-OH is 1. The second kappa shape index (κ2) is 6.18. The molecule has 5 nitrogen and oxygen atoms in total. The van der Waals surface area contributed by atoms with Crippen LogP contribution in [0.15, 0.2) is 36.8 Å². The Morgan fingerprint density at radius 3 is 2.78 bits per heavy atom. The Bertz CT molecular complexity index is 505. The summed E-state index contributed by atoms with van der Waals surface area (Å²) in [6.45, 7) is 0.415. The van der Waals surface area contributed by atoms with Crippen LogP contribution in [-0.4, -0.2) is 28.2 Å². The van der Waals surface area contributed by atoms with Crippen LogP contribution in [0, 0.1) is 0 Å². The highest BCUT2D eigenvalue weighted by Gasteiger charge is 2.05. The van der Waals surface area contributed by atoms with Crippen LogP contribution in [0.5, 0.6) is 11.5 Å². The van der Waals surface area contributed by atoms with Crippen molar-refractivity contribution in [3.05, 3.63) is 41.8 Å². The van der Waals surface area contributed by atoms with Gasteiger partial charge in [-0.15, -0.1) is 0 Å². The first kappa shape index (κ1) is 12.6. The number of hydrogen-bond donors (Lipinski definition) is 2. The van der Waals surface area contributed by atoms with Gasteiger partial charge in [-0.25, -0.2) is 9.97 Å². The first-order valence-electron chi connectivity index (χ1n) is 5.38. The van der Waals surface area contributed by atoms with Crippen LogP contribution in [0.2, 0.25) is 5.02 Å². The van der Waals surface area contributed by atoms with Crippen molar-refractivity contribution in [3.8, 4) is 11.5 Å². The van der Waals surface area contributed by atoms with Gasteiger partial charge in [-0.05, 0) is 24.3 Å². The van der Waals surface area contributed by atoms with E-state index >= 15 is 0 Å². The molecule has 0 unspecified atom stereocenters. The molecule has 2 aromatic rings. The average Bonchev–Trinajstić information content (AvgIpc) is 2.40. The van der Waals surface area contributed by atoms with E-state index in [1.807, 2.05) is 0 Å². The number of aromatic nitrogens is 2. The van der Waals surface area contributed by atoms with E-state index in [1.165, 1.54) is 6.33 Å². The quantitative estimate of drug-likeness (QED) is 0.868. The summed E-state index contributed by atoms with van der Waals surface area (Å²) in [5, 5.41) is 12.4. The molecule has 0 spiro atoms. The summed E-state index contributed by atoms with van der Waals surface area (Å²) in [5.41, 5.74) is 0. The Kier molecular flexibility index (Phi) is 4.33. The van der Waals surface area contributed by atoms with Gasteiger partial charge >= 0.3 is 0 Å². The second-order valence-electron chi connectivity index (χ2n) is 3.44. The third kappa shape index (κ3) is 3.32. The van der Waals surface area contributed by atoms with Crippen LogP contribution >= 0.6 is 11.6 Å². The van der Waals surface area contributed by atoms with E-state index in [-0.39, 0.29) is 6.61 Å². The second-order valence-corrected chi connectivity index (χ2v) is 3.88. The van der Waals surface area contributed by atoms with Gasteiger partial charge in [0.2, 0.25) is 0 Å². The molecule has 1 heterocycles. The molecule has 94 valence electrons.